The topological polar surface area (TPSA) is 21.3 Å². The van der Waals surface area contributed by atoms with E-state index in [2.05, 4.69) is 17.4 Å². The molecule has 0 heterocycles. The second-order valence-electron chi connectivity index (χ2n) is 5.99. The van der Waals surface area contributed by atoms with E-state index in [0.29, 0.717) is 10.0 Å². The molecule has 2 rings (SSSR count). The van der Waals surface area contributed by atoms with Crippen LogP contribution >= 0.6 is 23.2 Å². The molecule has 0 aromatic heterocycles. The third kappa shape index (κ3) is 4.59. The molecule has 21 heavy (non-hydrogen) atoms. The molecule has 1 aromatic carbocycles. The van der Waals surface area contributed by atoms with Crippen molar-refractivity contribution in [3.8, 4) is 0 Å². The van der Waals surface area contributed by atoms with E-state index in [1.54, 1.807) is 7.11 Å². The molecule has 0 saturated heterocycles. The molecule has 2 nitrogen and oxygen atoms in total. The lowest BCUT2D eigenvalue weighted by atomic mass is 9.74. The minimum absolute atomic E-state index is 0.179. The zero-order valence-corrected chi connectivity index (χ0v) is 14.3. The molecule has 0 aliphatic heterocycles. The molecular formula is C17H25Cl2NO. The van der Waals surface area contributed by atoms with Crippen molar-refractivity contribution >= 4 is 23.2 Å². The van der Waals surface area contributed by atoms with Gasteiger partial charge in [-0.05, 0) is 30.5 Å². The lowest BCUT2D eigenvalue weighted by molar-refractivity contribution is 0.195. The molecule has 4 heteroatoms. The number of methoxy groups -OCH3 is 1. The van der Waals surface area contributed by atoms with Gasteiger partial charge in [-0.1, -0.05) is 55.0 Å². The Balaban J connectivity index is 2.18. The van der Waals surface area contributed by atoms with Crippen LogP contribution in [0.2, 0.25) is 10.0 Å². The van der Waals surface area contributed by atoms with E-state index in [0.717, 1.165) is 19.7 Å². The summed E-state index contributed by atoms with van der Waals surface area (Å²) < 4.78 is 5.13. The molecule has 0 amide bonds. The Labute approximate surface area is 138 Å². The molecule has 1 N–H and O–H groups in total. The van der Waals surface area contributed by atoms with Gasteiger partial charge in [-0.3, -0.25) is 0 Å². The summed E-state index contributed by atoms with van der Waals surface area (Å²) >= 11 is 12.3. The Morgan fingerprint density at radius 2 is 1.81 bits per heavy atom. The van der Waals surface area contributed by atoms with Gasteiger partial charge in [0.15, 0.2) is 0 Å². The van der Waals surface area contributed by atoms with E-state index in [9.17, 15) is 0 Å². The van der Waals surface area contributed by atoms with E-state index in [4.69, 9.17) is 27.9 Å². The summed E-state index contributed by atoms with van der Waals surface area (Å²) in [6.07, 6.45) is 7.66. The normalized spacial score (nSPS) is 18.4. The van der Waals surface area contributed by atoms with Crippen LogP contribution in [0.5, 0.6) is 0 Å². The first-order valence-electron chi connectivity index (χ1n) is 7.83. The van der Waals surface area contributed by atoms with Gasteiger partial charge in [0.25, 0.3) is 0 Å². The van der Waals surface area contributed by atoms with Crippen molar-refractivity contribution in [3.05, 3.63) is 33.8 Å². The van der Waals surface area contributed by atoms with Crippen LogP contribution in [0.4, 0.5) is 0 Å². The number of ether oxygens (including phenoxy) is 1. The summed E-state index contributed by atoms with van der Waals surface area (Å²) in [6, 6.07) is 6.14. The minimum atomic E-state index is 0.179. The van der Waals surface area contributed by atoms with Gasteiger partial charge in [-0.15, -0.1) is 0 Å². The van der Waals surface area contributed by atoms with Gasteiger partial charge < -0.3 is 10.1 Å². The fraction of sp³-hybridized carbons (Fsp3) is 0.647. The maximum absolute atomic E-state index is 6.25. The monoisotopic (exact) mass is 329 g/mol. The smallest absolute Gasteiger partial charge is 0.0595 e. The first-order valence-corrected chi connectivity index (χ1v) is 8.59. The lowest BCUT2D eigenvalue weighted by Crippen LogP contribution is -2.39. The molecule has 0 unspecified atom stereocenters. The quantitative estimate of drug-likeness (QED) is 0.596. The first kappa shape index (κ1) is 17.1. The zero-order valence-electron chi connectivity index (χ0n) is 12.8. The van der Waals surface area contributed by atoms with Crippen LogP contribution in [0.25, 0.3) is 0 Å². The molecule has 118 valence electrons. The Morgan fingerprint density at radius 1 is 1.10 bits per heavy atom. The molecule has 1 fully saturated rings. The van der Waals surface area contributed by atoms with Crippen molar-refractivity contribution < 1.29 is 4.74 Å². The standard InChI is InChI=1S/C17H25Cl2NO/c1-21-11-10-20-13-17(8-4-2-3-5-9-17)14-6-7-15(18)16(19)12-14/h6-7,12,20H,2-5,8-11,13H2,1H3. The van der Waals surface area contributed by atoms with E-state index >= 15 is 0 Å². The number of nitrogens with one attached hydrogen (secondary N) is 1. The van der Waals surface area contributed by atoms with Gasteiger partial charge in [-0.2, -0.15) is 0 Å². The van der Waals surface area contributed by atoms with Gasteiger partial charge in [0.05, 0.1) is 16.7 Å². The average molecular weight is 330 g/mol. The largest absolute Gasteiger partial charge is 0.383 e. The number of benzene rings is 1. The highest BCUT2D eigenvalue weighted by Gasteiger charge is 2.32. The summed E-state index contributed by atoms with van der Waals surface area (Å²) in [4.78, 5) is 0. The summed E-state index contributed by atoms with van der Waals surface area (Å²) in [7, 11) is 1.74. The second-order valence-corrected chi connectivity index (χ2v) is 6.81. The molecule has 1 aliphatic rings. The summed E-state index contributed by atoms with van der Waals surface area (Å²) in [6.45, 7) is 2.62. The third-order valence-electron chi connectivity index (χ3n) is 4.54. The van der Waals surface area contributed by atoms with Crippen molar-refractivity contribution in [3.63, 3.8) is 0 Å². The van der Waals surface area contributed by atoms with E-state index in [1.807, 2.05) is 6.07 Å². The molecule has 1 saturated carbocycles. The Hall–Kier alpha value is -0.280. The Morgan fingerprint density at radius 3 is 2.43 bits per heavy atom. The van der Waals surface area contributed by atoms with Gasteiger partial charge in [0.1, 0.15) is 0 Å². The van der Waals surface area contributed by atoms with Crippen molar-refractivity contribution in [2.24, 2.45) is 0 Å². The van der Waals surface area contributed by atoms with E-state index in [-0.39, 0.29) is 5.41 Å². The van der Waals surface area contributed by atoms with Crippen LogP contribution in [0, 0.1) is 0 Å². The van der Waals surface area contributed by atoms with Crippen LogP contribution in [0.1, 0.15) is 44.1 Å². The highest BCUT2D eigenvalue weighted by atomic mass is 35.5. The molecule has 0 spiro atoms. The van der Waals surface area contributed by atoms with Crippen LogP contribution < -0.4 is 5.32 Å². The van der Waals surface area contributed by atoms with Crippen LogP contribution in [0.3, 0.4) is 0 Å². The van der Waals surface area contributed by atoms with E-state index < -0.39 is 0 Å². The van der Waals surface area contributed by atoms with Gasteiger partial charge in [0, 0.05) is 25.6 Å². The lowest BCUT2D eigenvalue weighted by Gasteiger charge is -2.34. The predicted molar refractivity (Wildman–Crippen MR) is 90.6 cm³/mol. The van der Waals surface area contributed by atoms with Gasteiger partial charge >= 0.3 is 0 Å². The summed E-state index contributed by atoms with van der Waals surface area (Å²) in [5.41, 5.74) is 1.50. The van der Waals surface area contributed by atoms with Crippen molar-refractivity contribution in [1.29, 1.82) is 0 Å². The van der Waals surface area contributed by atoms with Gasteiger partial charge in [0.2, 0.25) is 0 Å². The number of rotatable bonds is 6. The van der Waals surface area contributed by atoms with Gasteiger partial charge in [-0.25, -0.2) is 0 Å². The Bertz CT molecular complexity index is 442. The average Bonchev–Trinajstić information content (AvgIpc) is 2.73. The van der Waals surface area contributed by atoms with Crippen LogP contribution in [-0.4, -0.2) is 26.8 Å². The van der Waals surface area contributed by atoms with Crippen molar-refractivity contribution in [2.45, 2.75) is 43.9 Å². The fourth-order valence-electron chi connectivity index (χ4n) is 3.30. The zero-order chi connectivity index (χ0) is 15.1. The molecule has 0 bridgehead atoms. The maximum Gasteiger partial charge on any atom is 0.0595 e. The number of hydrogen-bond acceptors (Lipinski definition) is 2. The summed E-state index contributed by atoms with van der Waals surface area (Å²) in [5.74, 6) is 0. The molecule has 1 aliphatic carbocycles. The van der Waals surface area contributed by atoms with E-state index in [1.165, 1.54) is 44.1 Å². The Kier molecular flexibility index (Phi) is 6.81. The second kappa shape index (κ2) is 8.38. The molecule has 1 aromatic rings. The van der Waals surface area contributed by atoms with Crippen LogP contribution in [-0.2, 0) is 10.2 Å². The van der Waals surface area contributed by atoms with Crippen molar-refractivity contribution in [2.75, 3.05) is 26.8 Å². The SMILES string of the molecule is COCCNCC1(c2ccc(Cl)c(Cl)c2)CCCCCC1. The van der Waals surface area contributed by atoms with Crippen molar-refractivity contribution in [1.82, 2.24) is 5.32 Å². The molecule has 0 radical (unpaired) electrons. The first-order chi connectivity index (χ1) is 10.2. The minimum Gasteiger partial charge on any atom is -0.383 e. The number of halogens is 2. The van der Waals surface area contributed by atoms with Crippen LogP contribution in [0.15, 0.2) is 18.2 Å². The third-order valence-corrected chi connectivity index (χ3v) is 5.28. The summed E-state index contributed by atoms with van der Waals surface area (Å²) in [5, 5.41) is 4.85. The highest BCUT2D eigenvalue weighted by molar-refractivity contribution is 6.42. The molecule has 0 atom stereocenters. The maximum atomic E-state index is 6.25. The molecular weight excluding hydrogens is 305 g/mol. The fourth-order valence-corrected chi connectivity index (χ4v) is 3.60. The highest BCUT2D eigenvalue weighted by Crippen LogP contribution is 2.39. The number of hydrogen-bond donors (Lipinski definition) is 1. The predicted octanol–water partition coefficient (Wildman–Crippen LogP) is 4.82.